The van der Waals surface area contributed by atoms with E-state index in [1.54, 1.807) is 0 Å². The van der Waals surface area contributed by atoms with Crippen LogP contribution in [0.1, 0.15) is 43.7 Å². The van der Waals surface area contributed by atoms with Crippen molar-refractivity contribution < 1.29 is 0 Å². The molecule has 2 rings (SSSR count). The summed E-state index contributed by atoms with van der Waals surface area (Å²) in [5.41, 5.74) is 2.55. The van der Waals surface area contributed by atoms with Crippen molar-refractivity contribution >= 4 is 29.9 Å². The zero-order valence-electron chi connectivity index (χ0n) is 12.5. The third-order valence-electron chi connectivity index (χ3n) is 3.58. The Kier molecular flexibility index (Phi) is 7.95. The molecule has 0 atom stereocenters. The number of hydrogen-bond acceptors (Lipinski definition) is 1. The van der Waals surface area contributed by atoms with Gasteiger partial charge in [-0.05, 0) is 32.3 Å². The molecule has 0 aromatic heterocycles. The van der Waals surface area contributed by atoms with Crippen molar-refractivity contribution in [2.75, 3.05) is 6.54 Å². The first kappa shape index (κ1) is 17.3. The minimum absolute atomic E-state index is 0. The first-order valence-corrected chi connectivity index (χ1v) is 7.38. The highest BCUT2D eigenvalue weighted by atomic mass is 127. The number of nitrogens with zero attached hydrogens (tertiary/aromatic N) is 1. The highest BCUT2D eigenvalue weighted by molar-refractivity contribution is 14.0. The van der Waals surface area contributed by atoms with E-state index in [9.17, 15) is 0 Å². The Morgan fingerprint density at radius 3 is 2.45 bits per heavy atom. The Bertz CT molecular complexity index is 408. The van der Waals surface area contributed by atoms with Crippen molar-refractivity contribution in [3.63, 3.8) is 0 Å². The van der Waals surface area contributed by atoms with Crippen LogP contribution in [0.15, 0.2) is 29.3 Å². The lowest BCUT2D eigenvalue weighted by Crippen LogP contribution is -2.42. The van der Waals surface area contributed by atoms with Gasteiger partial charge < -0.3 is 10.6 Å². The van der Waals surface area contributed by atoms with Gasteiger partial charge in [-0.2, -0.15) is 0 Å². The van der Waals surface area contributed by atoms with E-state index in [0.717, 1.165) is 19.0 Å². The molecule has 0 spiro atoms. The number of aliphatic imine (C=N–C) groups is 1. The van der Waals surface area contributed by atoms with Crippen LogP contribution in [-0.4, -0.2) is 18.5 Å². The molecule has 20 heavy (non-hydrogen) atoms. The zero-order chi connectivity index (χ0) is 13.5. The minimum Gasteiger partial charge on any atom is -0.357 e. The molecule has 0 heterocycles. The Labute approximate surface area is 139 Å². The summed E-state index contributed by atoms with van der Waals surface area (Å²) >= 11 is 0. The maximum Gasteiger partial charge on any atom is 0.191 e. The molecular formula is C16H26IN3. The second-order valence-electron chi connectivity index (χ2n) is 5.31. The molecule has 0 saturated heterocycles. The van der Waals surface area contributed by atoms with Crippen LogP contribution in [0, 0.1) is 6.92 Å². The lowest BCUT2D eigenvalue weighted by molar-refractivity contribution is 0.614. The van der Waals surface area contributed by atoms with Gasteiger partial charge in [0.2, 0.25) is 0 Å². The summed E-state index contributed by atoms with van der Waals surface area (Å²) in [5.74, 6) is 0.954. The van der Waals surface area contributed by atoms with Crippen LogP contribution in [-0.2, 0) is 6.54 Å². The predicted octanol–water partition coefficient (Wildman–Crippen LogP) is 3.61. The number of benzene rings is 1. The summed E-state index contributed by atoms with van der Waals surface area (Å²) in [6.07, 6.45) is 5.23. The van der Waals surface area contributed by atoms with E-state index in [1.807, 2.05) is 0 Å². The molecule has 1 saturated carbocycles. The Hall–Kier alpha value is -0.780. The van der Waals surface area contributed by atoms with Crippen LogP contribution >= 0.6 is 24.0 Å². The third-order valence-corrected chi connectivity index (χ3v) is 3.58. The molecule has 0 radical (unpaired) electrons. The Morgan fingerprint density at radius 1 is 1.20 bits per heavy atom. The van der Waals surface area contributed by atoms with Crippen molar-refractivity contribution in [2.24, 2.45) is 4.99 Å². The smallest absolute Gasteiger partial charge is 0.191 e. The van der Waals surface area contributed by atoms with Crippen molar-refractivity contribution in [1.29, 1.82) is 0 Å². The van der Waals surface area contributed by atoms with E-state index < -0.39 is 0 Å². The number of nitrogens with one attached hydrogen (secondary N) is 2. The number of halogens is 1. The normalized spacial score (nSPS) is 15.8. The Morgan fingerprint density at radius 2 is 1.85 bits per heavy atom. The van der Waals surface area contributed by atoms with E-state index in [4.69, 9.17) is 0 Å². The number of rotatable bonds is 4. The van der Waals surface area contributed by atoms with Crippen molar-refractivity contribution in [2.45, 2.75) is 52.1 Å². The molecule has 0 bridgehead atoms. The molecule has 1 fully saturated rings. The van der Waals surface area contributed by atoms with Gasteiger partial charge in [0.15, 0.2) is 5.96 Å². The highest BCUT2D eigenvalue weighted by Gasteiger charge is 2.15. The SMILES string of the molecule is CCNC(=NCc1ccc(C)cc1)NC1CCCC1.I. The Balaban J connectivity index is 0.00000200. The monoisotopic (exact) mass is 387 g/mol. The van der Waals surface area contributed by atoms with Gasteiger partial charge >= 0.3 is 0 Å². The predicted molar refractivity (Wildman–Crippen MR) is 96.8 cm³/mol. The first-order valence-electron chi connectivity index (χ1n) is 7.38. The van der Waals surface area contributed by atoms with E-state index in [0.29, 0.717) is 6.04 Å². The maximum atomic E-state index is 4.67. The maximum absolute atomic E-state index is 4.67. The summed E-state index contributed by atoms with van der Waals surface area (Å²) in [7, 11) is 0. The first-order chi connectivity index (χ1) is 9.28. The summed E-state index contributed by atoms with van der Waals surface area (Å²) in [6.45, 7) is 5.87. The largest absolute Gasteiger partial charge is 0.357 e. The van der Waals surface area contributed by atoms with Gasteiger partial charge in [-0.25, -0.2) is 4.99 Å². The van der Waals surface area contributed by atoms with Crippen LogP contribution in [0.25, 0.3) is 0 Å². The number of aryl methyl sites for hydroxylation is 1. The second-order valence-corrected chi connectivity index (χ2v) is 5.31. The molecule has 2 N–H and O–H groups in total. The average molecular weight is 387 g/mol. The van der Waals surface area contributed by atoms with Crippen molar-refractivity contribution in [3.05, 3.63) is 35.4 Å². The van der Waals surface area contributed by atoms with E-state index in [-0.39, 0.29) is 24.0 Å². The topological polar surface area (TPSA) is 36.4 Å². The van der Waals surface area contributed by atoms with Gasteiger partial charge in [0.05, 0.1) is 6.54 Å². The van der Waals surface area contributed by atoms with E-state index >= 15 is 0 Å². The van der Waals surface area contributed by atoms with Gasteiger partial charge in [0, 0.05) is 12.6 Å². The quantitative estimate of drug-likeness (QED) is 0.471. The zero-order valence-corrected chi connectivity index (χ0v) is 14.8. The van der Waals surface area contributed by atoms with Gasteiger partial charge in [-0.15, -0.1) is 24.0 Å². The lowest BCUT2D eigenvalue weighted by Gasteiger charge is -2.16. The third kappa shape index (κ3) is 5.69. The molecule has 0 aliphatic heterocycles. The molecular weight excluding hydrogens is 361 g/mol. The molecule has 1 aromatic rings. The molecule has 1 aliphatic carbocycles. The summed E-state index contributed by atoms with van der Waals surface area (Å²) in [4.78, 5) is 4.67. The highest BCUT2D eigenvalue weighted by Crippen LogP contribution is 2.17. The van der Waals surface area contributed by atoms with Crippen LogP contribution in [0.4, 0.5) is 0 Å². The summed E-state index contributed by atoms with van der Waals surface area (Å²) in [6, 6.07) is 9.19. The standard InChI is InChI=1S/C16H25N3.HI/c1-3-17-16(19-15-6-4-5-7-15)18-12-14-10-8-13(2)9-11-14;/h8-11,15H,3-7,12H2,1-2H3,(H2,17,18,19);1H. The van der Waals surface area contributed by atoms with E-state index in [2.05, 4.69) is 53.7 Å². The number of hydrogen-bond donors (Lipinski definition) is 2. The van der Waals surface area contributed by atoms with Gasteiger partial charge in [0.25, 0.3) is 0 Å². The molecule has 112 valence electrons. The summed E-state index contributed by atoms with van der Waals surface area (Å²) < 4.78 is 0. The van der Waals surface area contributed by atoms with Gasteiger partial charge in [0.1, 0.15) is 0 Å². The lowest BCUT2D eigenvalue weighted by atomic mass is 10.1. The molecule has 4 heteroatoms. The molecule has 1 aliphatic rings. The molecule has 0 unspecified atom stereocenters. The van der Waals surface area contributed by atoms with E-state index in [1.165, 1.54) is 36.8 Å². The minimum atomic E-state index is 0. The van der Waals surface area contributed by atoms with Gasteiger partial charge in [-0.1, -0.05) is 42.7 Å². The second kappa shape index (κ2) is 9.21. The van der Waals surface area contributed by atoms with Crippen LogP contribution in [0.3, 0.4) is 0 Å². The molecule has 3 nitrogen and oxygen atoms in total. The number of guanidine groups is 1. The fraction of sp³-hybridized carbons (Fsp3) is 0.562. The van der Waals surface area contributed by atoms with Crippen LogP contribution < -0.4 is 10.6 Å². The van der Waals surface area contributed by atoms with Crippen molar-refractivity contribution in [3.8, 4) is 0 Å². The fourth-order valence-electron chi connectivity index (χ4n) is 2.45. The average Bonchev–Trinajstić information content (AvgIpc) is 2.91. The fourth-order valence-corrected chi connectivity index (χ4v) is 2.45. The molecule has 1 aromatic carbocycles. The molecule has 0 amide bonds. The summed E-state index contributed by atoms with van der Waals surface area (Å²) in [5, 5.41) is 6.87. The van der Waals surface area contributed by atoms with Crippen LogP contribution in [0.2, 0.25) is 0 Å². The van der Waals surface area contributed by atoms with Crippen molar-refractivity contribution in [1.82, 2.24) is 10.6 Å². The van der Waals surface area contributed by atoms with Gasteiger partial charge in [-0.3, -0.25) is 0 Å². The van der Waals surface area contributed by atoms with Crippen LogP contribution in [0.5, 0.6) is 0 Å².